The molecule has 0 saturated carbocycles. The number of piperidine rings is 1. The minimum absolute atomic E-state index is 0.276. The fourth-order valence-corrected chi connectivity index (χ4v) is 2.98. The predicted octanol–water partition coefficient (Wildman–Crippen LogP) is 1.72. The van der Waals surface area contributed by atoms with Crippen molar-refractivity contribution in [2.24, 2.45) is 5.92 Å². The molecule has 0 aliphatic carbocycles. The maximum Gasteiger partial charge on any atom is 0.229 e. The summed E-state index contributed by atoms with van der Waals surface area (Å²) in [6.07, 6.45) is 8.05. The third kappa shape index (κ3) is 3.76. The zero-order valence-corrected chi connectivity index (χ0v) is 11.4. The molecule has 19 heavy (non-hydrogen) atoms. The van der Waals surface area contributed by atoms with E-state index in [1.807, 2.05) is 0 Å². The van der Waals surface area contributed by atoms with Crippen LogP contribution in [0, 0.1) is 5.92 Å². The van der Waals surface area contributed by atoms with Gasteiger partial charge in [-0.05, 0) is 51.1 Å². The van der Waals surface area contributed by atoms with Crippen molar-refractivity contribution < 1.29 is 9.26 Å². The predicted molar refractivity (Wildman–Crippen MR) is 70.9 cm³/mol. The van der Waals surface area contributed by atoms with Crippen molar-refractivity contribution in [1.82, 2.24) is 15.5 Å². The number of nitrogens with one attached hydrogen (secondary N) is 1. The van der Waals surface area contributed by atoms with E-state index < -0.39 is 0 Å². The Bertz CT molecular complexity index is 347. The van der Waals surface area contributed by atoms with E-state index in [0.717, 1.165) is 50.7 Å². The molecule has 2 saturated heterocycles. The fourth-order valence-electron chi connectivity index (χ4n) is 2.98. The van der Waals surface area contributed by atoms with Crippen LogP contribution in [0.25, 0.3) is 0 Å². The number of hydrogen-bond acceptors (Lipinski definition) is 5. The first-order chi connectivity index (χ1) is 9.40. The van der Waals surface area contributed by atoms with Crippen LogP contribution in [0.5, 0.6) is 0 Å². The maximum absolute atomic E-state index is 5.70. The number of nitrogens with zero attached hydrogens (tertiary/aromatic N) is 2. The maximum atomic E-state index is 5.70. The van der Waals surface area contributed by atoms with E-state index in [1.165, 1.54) is 25.7 Å². The highest BCUT2D eigenvalue weighted by Crippen LogP contribution is 2.18. The molecule has 5 heteroatoms. The first kappa shape index (κ1) is 13.1. The molecule has 1 aromatic rings. The van der Waals surface area contributed by atoms with Crippen LogP contribution >= 0.6 is 0 Å². The monoisotopic (exact) mass is 265 g/mol. The lowest BCUT2D eigenvalue weighted by Gasteiger charge is -2.21. The Morgan fingerprint density at radius 2 is 2.16 bits per heavy atom. The zero-order chi connectivity index (χ0) is 12.9. The van der Waals surface area contributed by atoms with Crippen molar-refractivity contribution in [2.75, 3.05) is 19.7 Å². The SMILES string of the molecule is C1CCC(Cc2nc(CC3CCCNC3)no2)OC1. The average molecular weight is 265 g/mol. The molecule has 0 aromatic carbocycles. The van der Waals surface area contributed by atoms with Crippen LogP contribution in [-0.2, 0) is 17.6 Å². The number of aromatic nitrogens is 2. The fraction of sp³-hybridized carbons (Fsp3) is 0.857. The smallest absolute Gasteiger partial charge is 0.229 e. The second-order valence-corrected chi connectivity index (χ2v) is 5.71. The topological polar surface area (TPSA) is 60.2 Å². The van der Waals surface area contributed by atoms with Crippen LogP contribution in [0.3, 0.4) is 0 Å². The summed E-state index contributed by atoms with van der Waals surface area (Å²) in [5, 5.41) is 7.53. The van der Waals surface area contributed by atoms with Gasteiger partial charge in [0.2, 0.25) is 5.89 Å². The van der Waals surface area contributed by atoms with Gasteiger partial charge in [0.1, 0.15) is 0 Å². The Hall–Kier alpha value is -0.940. The molecule has 2 aliphatic rings. The molecular formula is C14H23N3O2. The Balaban J connectivity index is 1.50. The molecule has 5 nitrogen and oxygen atoms in total. The lowest BCUT2D eigenvalue weighted by atomic mass is 9.96. The Morgan fingerprint density at radius 3 is 2.95 bits per heavy atom. The Morgan fingerprint density at radius 1 is 1.16 bits per heavy atom. The van der Waals surface area contributed by atoms with Crippen LogP contribution < -0.4 is 5.32 Å². The van der Waals surface area contributed by atoms with Gasteiger partial charge >= 0.3 is 0 Å². The Labute approximate surface area is 114 Å². The molecule has 0 radical (unpaired) electrons. The van der Waals surface area contributed by atoms with Gasteiger partial charge in [-0.15, -0.1) is 0 Å². The minimum atomic E-state index is 0.276. The summed E-state index contributed by atoms with van der Waals surface area (Å²) in [7, 11) is 0. The third-order valence-corrected chi connectivity index (χ3v) is 4.06. The Kier molecular flexibility index (Phi) is 4.45. The van der Waals surface area contributed by atoms with Crippen molar-refractivity contribution in [3.63, 3.8) is 0 Å². The summed E-state index contributed by atoms with van der Waals surface area (Å²) in [6.45, 7) is 3.10. The molecule has 2 atom stereocenters. The summed E-state index contributed by atoms with van der Waals surface area (Å²) in [6, 6.07) is 0. The molecular weight excluding hydrogens is 242 g/mol. The normalized spacial score (nSPS) is 28.4. The molecule has 0 spiro atoms. The quantitative estimate of drug-likeness (QED) is 0.898. The van der Waals surface area contributed by atoms with Gasteiger partial charge in [0.25, 0.3) is 0 Å². The molecule has 1 N–H and O–H groups in total. The summed E-state index contributed by atoms with van der Waals surface area (Å²) >= 11 is 0. The molecule has 0 bridgehead atoms. The summed E-state index contributed by atoms with van der Waals surface area (Å²) in [5.74, 6) is 2.26. The lowest BCUT2D eigenvalue weighted by molar-refractivity contribution is 0.0124. The molecule has 0 amide bonds. The number of rotatable bonds is 4. The van der Waals surface area contributed by atoms with E-state index in [-0.39, 0.29) is 6.10 Å². The van der Waals surface area contributed by atoms with Gasteiger partial charge in [0, 0.05) is 13.0 Å². The van der Waals surface area contributed by atoms with E-state index >= 15 is 0 Å². The molecule has 2 unspecified atom stereocenters. The molecule has 3 heterocycles. The third-order valence-electron chi connectivity index (χ3n) is 4.06. The first-order valence-corrected chi connectivity index (χ1v) is 7.54. The van der Waals surface area contributed by atoms with Crippen molar-refractivity contribution >= 4 is 0 Å². The second kappa shape index (κ2) is 6.48. The van der Waals surface area contributed by atoms with Crippen molar-refractivity contribution in [2.45, 2.75) is 51.0 Å². The van der Waals surface area contributed by atoms with E-state index in [4.69, 9.17) is 9.26 Å². The average Bonchev–Trinajstić information content (AvgIpc) is 2.88. The van der Waals surface area contributed by atoms with Gasteiger partial charge < -0.3 is 14.6 Å². The van der Waals surface area contributed by atoms with Crippen LogP contribution in [0.15, 0.2) is 4.52 Å². The zero-order valence-electron chi connectivity index (χ0n) is 11.4. The highest BCUT2D eigenvalue weighted by molar-refractivity contribution is 4.91. The highest BCUT2D eigenvalue weighted by atomic mass is 16.5. The summed E-state index contributed by atoms with van der Waals surface area (Å²) < 4.78 is 11.1. The minimum Gasteiger partial charge on any atom is -0.378 e. The molecule has 3 rings (SSSR count). The van der Waals surface area contributed by atoms with Gasteiger partial charge in [-0.2, -0.15) is 4.98 Å². The van der Waals surface area contributed by atoms with E-state index in [0.29, 0.717) is 5.92 Å². The lowest BCUT2D eigenvalue weighted by Crippen LogP contribution is -2.31. The number of hydrogen-bond donors (Lipinski definition) is 1. The van der Waals surface area contributed by atoms with Gasteiger partial charge in [-0.3, -0.25) is 0 Å². The van der Waals surface area contributed by atoms with E-state index in [9.17, 15) is 0 Å². The molecule has 2 fully saturated rings. The summed E-state index contributed by atoms with van der Waals surface area (Å²) in [5.41, 5.74) is 0. The molecule has 2 aliphatic heterocycles. The molecule has 1 aromatic heterocycles. The van der Waals surface area contributed by atoms with E-state index in [1.54, 1.807) is 0 Å². The van der Waals surface area contributed by atoms with Crippen LogP contribution in [0.2, 0.25) is 0 Å². The van der Waals surface area contributed by atoms with Gasteiger partial charge in [0.15, 0.2) is 5.82 Å². The van der Waals surface area contributed by atoms with Crippen molar-refractivity contribution in [1.29, 1.82) is 0 Å². The highest BCUT2D eigenvalue weighted by Gasteiger charge is 2.20. The van der Waals surface area contributed by atoms with Crippen molar-refractivity contribution in [3.05, 3.63) is 11.7 Å². The first-order valence-electron chi connectivity index (χ1n) is 7.54. The van der Waals surface area contributed by atoms with Crippen LogP contribution in [0.1, 0.15) is 43.8 Å². The van der Waals surface area contributed by atoms with Crippen molar-refractivity contribution in [3.8, 4) is 0 Å². The standard InChI is InChI=1S/C14H23N3O2/c1-2-7-18-12(5-1)9-14-16-13(17-19-14)8-11-4-3-6-15-10-11/h11-12,15H,1-10H2. The van der Waals surface area contributed by atoms with Gasteiger partial charge in [0.05, 0.1) is 12.5 Å². The second-order valence-electron chi connectivity index (χ2n) is 5.71. The van der Waals surface area contributed by atoms with Crippen LogP contribution in [0.4, 0.5) is 0 Å². The summed E-state index contributed by atoms with van der Waals surface area (Å²) in [4.78, 5) is 4.51. The number of ether oxygens (including phenoxy) is 1. The van der Waals surface area contributed by atoms with Gasteiger partial charge in [-0.1, -0.05) is 5.16 Å². The van der Waals surface area contributed by atoms with Gasteiger partial charge in [-0.25, -0.2) is 0 Å². The van der Waals surface area contributed by atoms with E-state index in [2.05, 4.69) is 15.5 Å². The molecule has 106 valence electrons. The van der Waals surface area contributed by atoms with Crippen LogP contribution in [-0.4, -0.2) is 35.9 Å². The largest absolute Gasteiger partial charge is 0.378 e.